The third-order valence-corrected chi connectivity index (χ3v) is 4.39. The lowest BCUT2D eigenvalue weighted by Crippen LogP contribution is -2.49. The maximum Gasteiger partial charge on any atom is 0.290 e. The molecule has 4 rings (SSSR count). The fourth-order valence-corrected chi connectivity index (χ4v) is 3.23. The number of fused-ring (bicyclic) bond motifs is 1. The van der Waals surface area contributed by atoms with Crippen molar-refractivity contribution in [3.8, 4) is 11.5 Å². The van der Waals surface area contributed by atoms with Crippen molar-refractivity contribution in [1.29, 1.82) is 0 Å². The number of piperidine rings is 1. The van der Waals surface area contributed by atoms with Crippen molar-refractivity contribution in [2.75, 3.05) is 24.8 Å². The average molecular weight is 342 g/mol. The summed E-state index contributed by atoms with van der Waals surface area (Å²) in [6.45, 7) is 1.40. The molecule has 0 bridgehead atoms. The van der Waals surface area contributed by atoms with Gasteiger partial charge >= 0.3 is 0 Å². The molecule has 0 unspecified atom stereocenters. The molecule has 1 aromatic heterocycles. The second kappa shape index (κ2) is 6.46. The van der Waals surface area contributed by atoms with Crippen LogP contribution in [0.3, 0.4) is 0 Å². The number of benzene rings is 1. The Morgan fingerprint density at radius 3 is 3.16 bits per heavy atom. The molecule has 3 heterocycles. The summed E-state index contributed by atoms with van der Waals surface area (Å²) in [5.74, 6) is 1.25. The summed E-state index contributed by atoms with van der Waals surface area (Å²) in [4.78, 5) is 33.2. The SMILES string of the molecule is O=C(N[C@@H]1CCCN(c2ncc[nH]c2=O)C1)c1cccc2c1OCO2. The molecule has 1 saturated heterocycles. The van der Waals surface area contributed by atoms with Crippen molar-refractivity contribution >= 4 is 11.7 Å². The number of aromatic amines is 1. The number of nitrogens with one attached hydrogen (secondary N) is 2. The van der Waals surface area contributed by atoms with E-state index >= 15 is 0 Å². The standard InChI is InChI=1S/C17H18N4O4/c22-16(12-4-1-5-13-14(12)25-10-24-13)20-11-3-2-8-21(9-11)15-17(23)19-7-6-18-15/h1,4-7,11H,2-3,8-10H2,(H,19,23)(H,20,22)/t11-/m1/s1. The summed E-state index contributed by atoms with van der Waals surface area (Å²) in [6.07, 6.45) is 4.78. The molecule has 2 N–H and O–H groups in total. The zero-order chi connectivity index (χ0) is 17.2. The lowest BCUT2D eigenvalue weighted by atomic mass is 10.0. The molecule has 0 spiro atoms. The molecule has 8 nitrogen and oxygen atoms in total. The van der Waals surface area contributed by atoms with E-state index in [1.54, 1.807) is 24.4 Å². The molecule has 130 valence electrons. The van der Waals surface area contributed by atoms with Crippen LogP contribution in [0.5, 0.6) is 11.5 Å². The molecule has 1 aromatic carbocycles. The Kier molecular flexibility index (Phi) is 4.01. The molecule has 2 aliphatic rings. The van der Waals surface area contributed by atoms with Crippen molar-refractivity contribution in [2.45, 2.75) is 18.9 Å². The highest BCUT2D eigenvalue weighted by Crippen LogP contribution is 2.35. The van der Waals surface area contributed by atoms with Gasteiger partial charge in [-0.1, -0.05) is 6.07 Å². The first kappa shape index (κ1) is 15.5. The first-order chi connectivity index (χ1) is 12.2. The zero-order valence-corrected chi connectivity index (χ0v) is 13.5. The summed E-state index contributed by atoms with van der Waals surface area (Å²) in [5, 5.41) is 3.03. The molecular formula is C17H18N4O4. The molecular weight excluding hydrogens is 324 g/mol. The number of rotatable bonds is 3. The lowest BCUT2D eigenvalue weighted by Gasteiger charge is -2.33. The predicted octanol–water partition coefficient (Wildman–Crippen LogP) is 0.897. The third-order valence-electron chi connectivity index (χ3n) is 4.39. The van der Waals surface area contributed by atoms with Crippen LogP contribution in [0.4, 0.5) is 5.82 Å². The van der Waals surface area contributed by atoms with E-state index in [-0.39, 0.29) is 24.3 Å². The van der Waals surface area contributed by atoms with Crippen LogP contribution in [-0.4, -0.2) is 41.8 Å². The van der Waals surface area contributed by atoms with Crippen LogP contribution in [0, 0.1) is 0 Å². The number of anilines is 1. The van der Waals surface area contributed by atoms with Crippen LogP contribution in [0.15, 0.2) is 35.4 Å². The van der Waals surface area contributed by atoms with Crippen molar-refractivity contribution < 1.29 is 14.3 Å². The quantitative estimate of drug-likeness (QED) is 0.860. The summed E-state index contributed by atoms with van der Waals surface area (Å²) < 4.78 is 10.7. The van der Waals surface area contributed by atoms with E-state index in [1.165, 1.54) is 6.20 Å². The molecule has 2 aliphatic heterocycles. The van der Waals surface area contributed by atoms with Gasteiger partial charge in [0, 0.05) is 31.5 Å². The minimum atomic E-state index is -0.221. The normalized spacial score (nSPS) is 18.9. The fourth-order valence-electron chi connectivity index (χ4n) is 3.23. The summed E-state index contributed by atoms with van der Waals surface area (Å²) >= 11 is 0. The Hall–Kier alpha value is -3.03. The van der Waals surface area contributed by atoms with Gasteiger partial charge in [0.2, 0.25) is 6.79 Å². The van der Waals surface area contributed by atoms with Crippen molar-refractivity contribution in [3.05, 3.63) is 46.5 Å². The van der Waals surface area contributed by atoms with Gasteiger partial charge in [0.15, 0.2) is 17.3 Å². The van der Waals surface area contributed by atoms with E-state index < -0.39 is 0 Å². The second-order valence-electron chi connectivity index (χ2n) is 6.04. The smallest absolute Gasteiger partial charge is 0.290 e. The van der Waals surface area contributed by atoms with Crippen LogP contribution < -0.4 is 25.2 Å². The maximum atomic E-state index is 12.6. The Morgan fingerprint density at radius 2 is 2.28 bits per heavy atom. The first-order valence-corrected chi connectivity index (χ1v) is 8.20. The van der Waals surface area contributed by atoms with Crippen LogP contribution in [0.25, 0.3) is 0 Å². The number of carbonyl (C=O) groups is 1. The van der Waals surface area contributed by atoms with Gasteiger partial charge in [-0.3, -0.25) is 9.59 Å². The molecule has 1 fully saturated rings. The topological polar surface area (TPSA) is 96.6 Å². The number of amides is 1. The van der Waals surface area contributed by atoms with Gasteiger partial charge < -0.3 is 24.7 Å². The Morgan fingerprint density at radius 1 is 1.36 bits per heavy atom. The lowest BCUT2D eigenvalue weighted by molar-refractivity contribution is 0.0928. The molecule has 25 heavy (non-hydrogen) atoms. The number of hydrogen-bond acceptors (Lipinski definition) is 6. The number of hydrogen-bond donors (Lipinski definition) is 2. The number of carbonyl (C=O) groups excluding carboxylic acids is 1. The van der Waals surface area contributed by atoms with E-state index in [0.29, 0.717) is 29.4 Å². The van der Waals surface area contributed by atoms with Gasteiger partial charge in [-0.2, -0.15) is 0 Å². The highest BCUT2D eigenvalue weighted by molar-refractivity contribution is 5.98. The molecule has 8 heteroatoms. The maximum absolute atomic E-state index is 12.6. The highest BCUT2D eigenvalue weighted by atomic mass is 16.7. The Bertz CT molecular complexity index is 851. The largest absolute Gasteiger partial charge is 0.454 e. The van der Waals surface area contributed by atoms with Gasteiger partial charge in [-0.25, -0.2) is 4.98 Å². The van der Waals surface area contributed by atoms with E-state index in [4.69, 9.17) is 9.47 Å². The van der Waals surface area contributed by atoms with Gasteiger partial charge in [-0.05, 0) is 25.0 Å². The fraction of sp³-hybridized carbons (Fsp3) is 0.353. The van der Waals surface area contributed by atoms with Crippen molar-refractivity contribution in [3.63, 3.8) is 0 Å². The minimum absolute atomic E-state index is 0.0687. The highest BCUT2D eigenvalue weighted by Gasteiger charge is 2.27. The van der Waals surface area contributed by atoms with E-state index in [9.17, 15) is 9.59 Å². The summed E-state index contributed by atoms with van der Waals surface area (Å²) in [7, 11) is 0. The van der Waals surface area contributed by atoms with Crippen LogP contribution in [-0.2, 0) is 0 Å². The number of ether oxygens (including phenoxy) is 2. The molecule has 1 atom stereocenters. The van der Waals surface area contributed by atoms with Gasteiger partial charge in [0.1, 0.15) is 0 Å². The third kappa shape index (κ3) is 3.02. The minimum Gasteiger partial charge on any atom is -0.454 e. The second-order valence-corrected chi connectivity index (χ2v) is 6.04. The molecule has 0 aliphatic carbocycles. The number of para-hydroxylation sites is 1. The zero-order valence-electron chi connectivity index (χ0n) is 13.5. The Balaban J connectivity index is 1.48. The molecule has 0 radical (unpaired) electrons. The predicted molar refractivity (Wildman–Crippen MR) is 90.1 cm³/mol. The van der Waals surface area contributed by atoms with Crippen molar-refractivity contribution in [2.24, 2.45) is 0 Å². The Labute approximate surface area is 143 Å². The van der Waals surface area contributed by atoms with Crippen LogP contribution in [0.2, 0.25) is 0 Å². The van der Waals surface area contributed by atoms with Gasteiger partial charge in [-0.15, -0.1) is 0 Å². The summed E-state index contributed by atoms with van der Waals surface area (Å²) in [6, 6.07) is 5.19. The monoisotopic (exact) mass is 342 g/mol. The summed E-state index contributed by atoms with van der Waals surface area (Å²) in [5.41, 5.74) is 0.240. The van der Waals surface area contributed by atoms with Crippen LogP contribution in [0.1, 0.15) is 23.2 Å². The van der Waals surface area contributed by atoms with Crippen molar-refractivity contribution in [1.82, 2.24) is 15.3 Å². The van der Waals surface area contributed by atoms with Gasteiger partial charge in [0.05, 0.1) is 5.56 Å². The van der Waals surface area contributed by atoms with Crippen LogP contribution >= 0.6 is 0 Å². The van der Waals surface area contributed by atoms with Gasteiger partial charge in [0.25, 0.3) is 11.5 Å². The average Bonchev–Trinajstić information content (AvgIpc) is 3.11. The molecule has 1 amide bonds. The number of aromatic nitrogens is 2. The van der Waals surface area contributed by atoms with E-state index in [2.05, 4.69) is 15.3 Å². The molecule has 0 saturated carbocycles. The first-order valence-electron chi connectivity index (χ1n) is 8.20. The number of nitrogens with zero attached hydrogens (tertiary/aromatic N) is 2. The van der Waals surface area contributed by atoms with E-state index in [1.807, 2.05) is 4.90 Å². The van der Waals surface area contributed by atoms with E-state index in [0.717, 1.165) is 19.4 Å². The molecule has 2 aromatic rings. The number of H-pyrrole nitrogens is 1.